The summed E-state index contributed by atoms with van der Waals surface area (Å²) in [6.45, 7) is 2.71. The molecule has 0 saturated carbocycles. The molecule has 0 bridgehead atoms. The molecule has 0 atom stereocenters. The summed E-state index contributed by atoms with van der Waals surface area (Å²) >= 11 is 18.8. The molecule has 2 aromatic heterocycles. The van der Waals surface area contributed by atoms with E-state index in [2.05, 4.69) is 34.7 Å². The number of aryl methyl sites for hydroxylation is 1. The maximum atomic E-state index is 6.33. The molecule has 0 fully saturated rings. The first kappa shape index (κ1) is 17.3. The van der Waals surface area contributed by atoms with Crippen LogP contribution in [0.5, 0.6) is 0 Å². The second-order valence-electron chi connectivity index (χ2n) is 6.11. The summed E-state index contributed by atoms with van der Waals surface area (Å²) in [6, 6.07) is 15.7. The third-order valence-corrected chi connectivity index (χ3v) is 5.24. The molecule has 2 aromatic carbocycles. The Kier molecular flexibility index (Phi) is 4.62. The molecule has 3 nitrogen and oxygen atoms in total. The Balaban J connectivity index is 1.97. The van der Waals surface area contributed by atoms with Crippen LogP contribution in [0.25, 0.3) is 22.4 Å². The van der Waals surface area contributed by atoms with Gasteiger partial charge < -0.3 is 4.57 Å². The highest BCUT2D eigenvalue weighted by Gasteiger charge is 2.17. The van der Waals surface area contributed by atoms with E-state index in [4.69, 9.17) is 39.8 Å². The second kappa shape index (κ2) is 6.92. The molecule has 4 rings (SSSR count). The lowest BCUT2D eigenvalue weighted by atomic mass is 10.1. The highest BCUT2D eigenvalue weighted by molar-refractivity contribution is 6.42. The highest BCUT2D eigenvalue weighted by atomic mass is 35.5. The number of nitrogens with zero attached hydrogens (tertiary/aromatic N) is 3. The van der Waals surface area contributed by atoms with Crippen LogP contribution in [0.4, 0.5) is 0 Å². The summed E-state index contributed by atoms with van der Waals surface area (Å²) in [5.74, 6) is 0.734. The summed E-state index contributed by atoms with van der Waals surface area (Å²) in [5, 5.41) is 1.38. The summed E-state index contributed by atoms with van der Waals surface area (Å²) in [4.78, 5) is 8.94. The first-order valence-corrected chi connectivity index (χ1v) is 9.18. The van der Waals surface area contributed by atoms with Crippen LogP contribution in [-0.4, -0.2) is 14.5 Å². The number of aromatic nitrogens is 3. The molecule has 0 unspecified atom stereocenters. The van der Waals surface area contributed by atoms with Crippen LogP contribution in [-0.2, 0) is 6.54 Å². The minimum absolute atomic E-state index is 0.408. The molecule has 0 aliphatic heterocycles. The van der Waals surface area contributed by atoms with E-state index < -0.39 is 0 Å². The van der Waals surface area contributed by atoms with E-state index in [1.807, 2.05) is 24.3 Å². The molecular weight excluding hydrogens is 389 g/mol. The number of rotatable bonds is 3. The van der Waals surface area contributed by atoms with Crippen LogP contribution >= 0.6 is 34.8 Å². The average Bonchev–Trinajstić information content (AvgIpc) is 2.93. The number of hydrogen-bond acceptors (Lipinski definition) is 2. The largest absolute Gasteiger partial charge is 0.319 e. The minimum atomic E-state index is 0.408. The van der Waals surface area contributed by atoms with Crippen molar-refractivity contribution in [1.29, 1.82) is 0 Å². The number of pyridine rings is 1. The summed E-state index contributed by atoms with van der Waals surface area (Å²) in [5.41, 5.74) is 4.80. The molecule has 6 heteroatoms. The molecule has 0 N–H and O–H groups in total. The molecular formula is C20H14Cl3N3. The van der Waals surface area contributed by atoms with Gasteiger partial charge in [-0.1, -0.05) is 64.6 Å². The number of benzene rings is 2. The van der Waals surface area contributed by atoms with Gasteiger partial charge in [-0.2, -0.15) is 0 Å². The van der Waals surface area contributed by atoms with Gasteiger partial charge in [0.15, 0.2) is 0 Å². The predicted molar refractivity (Wildman–Crippen MR) is 108 cm³/mol. The van der Waals surface area contributed by atoms with Crippen molar-refractivity contribution >= 4 is 45.8 Å². The molecule has 0 saturated heterocycles. The van der Waals surface area contributed by atoms with Gasteiger partial charge in [0.2, 0.25) is 0 Å². The number of halogens is 3. The van der Waals surface area contributed by atoms with Crippen molar-refractivity contribution in [3.05, 3.63) is 81.1 Å². The van der Waals surface area contributed by atoms with Crippen LogP contribution in [0, 0.1) is 6.92 Å². The van der Waals surface area contributed by atoms with Crippen molar-refractivity contribution in [2.75, 3.05) is 0 Å². The van der Waals surface area contributed by atoms with E-state index in [9.17, 15) is 0 Å². The minimum Gasteiger partial charge on any atom is -0.319 e. The molecule has 0 amide bonds. The predicted octanol–water partition coefficient (Wildman–Crippen LogP) is 6.42. The topological polar surface area (TPSA) is 30.7 Å². The standard InChI is InChI=1S/C20H14Cl3N3/c1-12-4-2-5-13(8-12)11-26-18-10-16(22)15(21)9-17(18)25-20(26)14-6-3-7-24-19(14)23/h2-10H,11H2,1H3. The Bertz CT molecular complexity index is 1120. The molecule has 2 heterocycles. The van der Waals surface area contributed by atoms with Gasteiger partial charge in [-0.15, -0.1) is 0 Å². The van der Waals surface area contributed by atoms with Crippen molar-refractivity contribution in [2.24, 2.45) is 0 Å². The molecule has 0 aliphatic carbocycles. The fourth-order valence-corrected chi connectivity index (χ4v) is 3.55. The van der Waals surface area contributed by atoms with Gasteiger partial charge in [-0.3, -0.25) is 0 Å². The van der Waals surface area contributed by atoms with E-state index in [1.165, 1.54) is 5.56 Å². The van der Waals surface area contributed by atoms with Gasteiger partial charge in [-0.05, 0) is 36.8 Å². The van der Waals surface area contributed by atoms with Gasteiger partial charge >= 0.3 is 0 Å². The quantitative estimate of drug-likeness (QED) is 0.370. The van der Waals surface area contributed by atoms with Gasteiger partial charge in [-0.25, -0.2) is 9.97 Å². The monoisotopic (exact) mass is 401 g/mol. The lowest BCUT2D eigenvalue weighted by Gasteiger charge is -2.11. The zero-order valence-corrected chi connectivity index (χ0v) is 16.1. The molecule has 26 heavy (non-hydrogen) atoms. The Morgan fingerprint density at radius 1 is 0.962 bits per heavy atom. The van der Waals surface area contributed by atoms with E-state index in [0.717, 1.165) is 28.0 Å². The van der Waals surface area contributed by atoms with Gasteiger partial charge in [0.1, 0.15) is 11.0 Å². The maximum Gasteiger partial charge on any atom is 0.144 e. The lowest BCUT2D eigenvalue weighted by Crippen LogP contribution is -2.03. The van der Waals surface area contributed by atoms with E-state index in [0.29, 0.717) is 21.7 Å². The number of hydrogen-bond donors (Lipinski definition) is 0. The fourth-order valence-electron chi connectivity index (χ4n) is 3.03. The van der Waals surface area contributed by atoms with Crippen molar-refractivity contribution in [1.82, 2.24) is 14.5 Å². The normalized spacial score (nSPS) is 11.2. The zero-order chi connectivity index (χ0) is 18.3. The van der Waals surface area contributed by atoms with Crippen LogP contribution in [0.2, 0.25) is 15.2 Å². The van der Waals surface area contributed by atoms with Crippen LogP contribution in [0.1, 0.15) is 11.1 Å². The fraction of sp³-hybridized carbons (Fsp3) is 0.100. The number of fused-ring (bicyclic) bond motifs is 1. The van der Waals surface area contributed by atoms with Crippen LogP contribution < -0.4 is 0 Å². The zero-order valence-electron chi connectivity index (χ0n) is 13.9. The number of imidazole rings is 1. The molecule has 130 valence electrons. The first-order chi connectivity index (χ1) is 12.5. The van der Waals surface area contributed by atoms with Crippen LogP contribution in [0.3, 0.4) is 0 Å². The van der Waals surface area contributed by atoms with E-state index in [-0.39, 0.29) is 0 Å². The Labute approximate surface area is 166 Å². The highest BCUT2D eigenvalue weighted by Crippen LogP contribution is 2.33. The Hall–Kier alpha value is -2.07. The van der Waals surface area contributed by atoms with Gasteiger partial charge in [0.25, 0.3) is 0 Å². The average molecular weight is 403 g/mol. The second-order valence-corrected chi connectivity index (χ2v) is 7.28. The van der Waals surface area contributed by atoms with Gasteiger partial charge in [0, 0.05) is 12.7 Å². The van der Waals surface area contributed by atoms with E-state index >= 15 is 0 Å². The Morgan fingerprint density at radius 2 is 1.77 bits per heavy atom. The molecule has 0 aliphatic rings. The molecule has 4 aromatic rings. The van der Waals surface area contributed by atoms with Crippen molar-refractivity contribution in [3.8, 4) is 11.4 Å². The van der Waals surface area contributed by atoms with Crippen LogP contribution in [0.15, 0.2) is 54.7 Å². The van der Waals surface area contributed by atoms with Crippen molar-refractivity contribution in [3.63, 3.8) is 0 Å². The van der Waals surface area contributed by atoms with Crippen molar-refractivity contribution < 1.29 is 0 Å². The third kappa shape index (κ3) is 3.18. The van der Waals surface area contributed by atoms with Crippen molar-refractivity contribution in [2.45, 2.75) is 13.5 Å². The summed E-state index contributed by atoms with van der Waals surface area (Å²) in [7, 11) is 0. The summed E-state index contributed by atoms with van der Waals surface area (Å²) < 4.78 is 2.09. The summed E-state index contributed by atoms with van der Waals surface area (Å²) in [6.07, 6.45) is 1.66. The maximum absolute atomic E-state index is 6.33. The first-order valence-electron chi connectivity index (χ1n) is 8.04. The SMILES string of the molecule is Cc1cccc(Cn2c(-c3cccnc3Cl)nc3cc(Cl)c(Cl)cc32)c1. The smallest absolute Gasteiger partial charge is 0.144 e. The van der Waals surface area contributed by atoms with E-state index in [1.54, 1.807) is 12.3 Å². The lowest BCUT2D eigenvalue weighted by molar-refractivity contribution is 0.833. The molecule has 0 radical (unpaired) electrons. The third-order valence-electron chi connectivity index (χ3n) is 4.21. The Morgan fingerprint density at radius 3 is 2.54 bits per heavy atom. The van der Waals surface area contributed by atoms with Gasteiger partial charge in [0.05, 0.1) is 26.6 Å². The molecule has 0 spiro atoms.